The number of nitrogens with zero attached hydrogens (tertiary/aromatic N) is 2. The van der Waals surface area contributed by atoms with Gasteiger partial charge in [-0.15, -0.1) is 0 Å². The number of nitrogens with two attached hydrogens (primary N) is 1. The number of piperidine rings is 1. The standard InChI is InChI=1S/C12H17Cl2N3/c1-8-6-17(5-4-10(8)15)7-11-9(13)2-3-12(14)16-11/h2-3,8,10H,4-7,15H2,1H3. The van der Waals surface area contributed by atoms with Gasteiger partial charge in [0.2, 0.25) is 0 Å². The number of aromatic nitrogens is 1. The first-order chi connectivity index (χ1) is 8.06. The van der Waals surface area contributed by atoms with Gasteiger partial charge in [-0.25, -0.2) is 4.98 Å². The van der Waals surface area contributed by atoms with Crippen LogP contribution in [0.5, 0.6) is 0 Å². The Bertz CT molecular complexity index is 397. The SMILES string of the molecule is CC1CN(Cc2nc(Cl)ccc2Cl)CCC1N. The first-order valence-corrected chi connectivity index (χ1v) is 6.60. The lowest BCUT2D eigenvalue weighted by molar-refractivity contribution is 0.156. The normalized spacial score (nSPS) is 26.1. The summed E-state index contributed by atoms with van der Waals surface area (Å²) < 4.78 is 0. The third-order valence-electron chi connectivity index (χ3n) is 3.31. The summed E-state index contributed by atoms with van der Waals surface area (Å²) in [5.41, 5.74) is 6.85. The lowest BCUT2D eigenvalue weighted by Crippen LogP contribution is -2.45. The molecule has 1 saturated heterocycles. The molecule has 0 saturated carbocycles. The number of rotatable bonds is 2. The number of hydrogen-bond donors (Lipinski definition) is 1. The van der Waals surface area contributed by atoms with Crippen LogP contribution in [0.1, 0.15) is 19.0 Å². The second kappa shape index (κ2) is 5.53. The first kappa shape index (κ1) is 13.1. The summed E-state index contributed by atoms with van der Waals surface area (Å²) in [7, 11) is 0. The highest BCUT2D eigenvalue weighted by atomic mass is 35.5. The van der Waals surface area contributed by atoms with Crippen LogP contribution in [-0.2, 0) is 6.54 Å². The molecule has 5 heteroatoms. The quantitative estimate of drug-likeness (QED) is 0.843. The molecule has 0 aromatic carbocycles. The Labute approximate surface area is 112 Å². The van der Waals surface area contributed by atoms with Crippen molar-refractivity contribution in [2.75, 3.05) is 13.1 Å². The van der Waals surface area contributed by atoms with Gasteiger partial charge in [0, 0.05) is 25.7 Å². The average Bonchev–Trinajstić information content (AvgIpc) is 2.29. The maximum absolute atomic E-state index is 6.11. The molecular weight excluding hydrogens is 257 g/mol. The van der Waals surface area contributed by atoms with Crippen molar-refractivity contribution in [1.82, 2.24) is 9.88 Å². The van der Waals surface area contributed by atoms with E-state index in [1.54, 1.807) is 12.1 Å². The summed E-state index contributed by atoms with van der Waals surface area (Å²) in [5.74, 6) is 0.515. The molecule has 1 aromatic heterocycles. The molecule has 1 aliphatic rings. The van der Waals surface area contributed by atoms with Gasteiger partial charge in [0.1, 0.15) is 5.15 Å². The molecule has 0 amide bonds. The van der Waals surface area contributed by atoms with E-state index in [9.17, 15) is 0 Å². The van der Waals surface area contributed by atoms with Gasteiger partial charge >= 0.3 is 0 Å². The molecule has 1 aromatic rings. The molecular formula is C12H17Cl2N3. The van der Waals surface area contributed by atoms with Crippen molar-refractivity contribution in [3.05, 3.63) is 28.0 Å². The molecule has 2 heterocycles. The molecule has 0 spiro atoms. The molecule has 1 fully saturated rings. The van der Waals surface area contributed by atoms with Crippen LogP contribution in [0, 0.1) is 5.92 Å². The molecule has 0 radical (unpaired) electrons. The van der Waals surface area contributed by atoms with Crippen LogP contribution < -0.4 is 5.73 Å². The van der Waals surface area contributed by atoms with Crippen LogP contribution in [0.3, 0.4) is 0 Å². The van der Waals surface area contributed by atoms with Crippen LogP contribution in [0.2, 0.25) is 10.2 Å². The molecule has 94 valence electrons. The third kappa shape index (κ3) is 3.32. The Hall–Kier alpha value is -0.350. The van der Waals surface area contributed by atoms with E-state index in [1.165, 1.54) is 0 Å². The van der Waals surface area contributed by atoms with Gasteiger partial charge in [0.15, 0.2) is 0 Å². The van der Waals surface area contributed by atoms with Gasteiger partial charge in [-0.3, -0.25) is 4.90 Å². The largest absolute Gasteiger partial charge is 0.327 e. The summed E-state index contributed by atoms with van der Waals surface area (Å²) in [6, 6.07) is 3.82. The fourth-order valence-electron chi connectivity index (χ4n) is 2.17. The minimum absolute atomic E-state index is 0.314. The second-order valence-electron chi connectivity index (χ2n) is 4.73. The summed E-state index contributed by atoms with van der Waals surface area (Å²) in [4.78, 5) is 6.60. The number of halogens is 2. The Balaban J connectivity index is 2.03. The number of likely N-dealkylation sites (tertiary alicyclic amines) is 1. The summed E-state index contributed by atoms with van der Waals surface area (Å²) in [5, 5.41) is 1.17. The van der Waals surface area contributed by atoms with Gasteiger partial charge in [-0.1, -0.05) is 30.1 Å². The van der Waals surface area contributed by atoms with Crippen LogP contribution in [0.4, 0.5) is 0 Å². The van der Waals surface area contributed by atoms with Gasteiger partial charge in [0.05, 0.1) is 10.7 Å². The topological polar surface area (TPSA) is 42.2 Å². The maximum atomic E-state index is 6.11. The Morgan fingerprint density at radius 3 is 2.94 bits per heavy atom. The summed E-state index contributed by atoms with van der Waals surface area (Å²) in [6.07, 6.45) is 1.03. The van der Waals surface area contributed by atoms with E-state index in [0.29, 0.717) is 22.1 Å². The van der Waals surface area contributed by atoms with E-state index in [4.69, 9.17) is 28.9 Å². The minimum atomic E-state index is 0.314. The lowest BCUT2D eigenvalue weighted by atomic mass is 9.95. The lowest BCUT2D eigenvalue weighted by Gasteiger charge is -2.34. The number of pyridine rings is 1. The highest BCUT2D eigenvalue weighted by Gasteiger charge is 2.23. The monoisotopic (exact) mass is 273 g/mol. The van der Waals surface area contributed by atoms with Crippen LogP contribution in [0.15, 0.2) is 12.1 Å². The van der Waals surface area contributed by atoms with E-state index in [1.807, 2.05) is 0 Å². The van der Waals surface area contributed by atoms with Crippen LogP contribution >= 0.6 is 23.2 Å². The third-order valence-corrected chi connectivity index (χ3v) is 3.87. The highest BCUT2D eigenvalue weighted by Crippen LogP contribution is 2.21. The molecule has 2 N–H and O–H groups in total. The van der Waals surface area contributed by atoms with E-state index in [0.717, 1.165) is 31.7 Å². The van der Waals surface area contributed by atoms with Gasteiger partial charge in [-0.05, 0) is 24.5 Å². The molecule has 3 nitrogen and oxygen atoms in total. The molecule has 2 unspecified atom stereocenters. The van der Waals surface area contributed by atoms with Gasteiger partial charge in [0.25, 0.3) is 0 Å². The Morgan fingerprint density at radius 2 is 2.24 bits per heavy atom. The number of hydrogen-bond acceptors (Lipinski definition) is 3. The zero-order valence-electron chi connectivity index (χ0n) is 9.87. The van der Waals surface area contributed by atoms with E-state index in [2.05, 4.69) is 16.8 Å². The maximum Gasteiger partial charge on any atom is 0.129 e. The van der Waals surface area contributed by atoms with Gasteiger partial charge < -0.3 is 5.73 Å². The zero-order valence-corrected chi connectivity index (χ0v) is 11.4. The summed E-state index contributed by atoms with van der Waals surface area (Å²) >= 11 is 12.0. The molecule has 0 bridgehead atoms. The fraction of sp³-hybridized carbons (Fsp3) is 0.583. The molecule has 0 aliphatic carbocycles. The van der Waals surface area contributed by atoms with Crippen molar-refractivity contribution >= 4 is 23.2 Å². The Kier molecular flexibility index (Phi) is 4.26. The van der Waals surface area contributed by atoms with Crippen molar-refractivity contribution in [3.63, 3.8) is 0 Å². The molecule has 2 rings (SSSR count). The molecule has 17 heavy (non-hydrogen) atoms. The molecule has 1 aliphatic heterocycles. The molecule has 2 atom stereocenters. The van der Waals surface area contributed by atoms with Gasteiger partial charge in [-0.2, -0.15) is 0 Å². The van der Waals surface area contributed by atoms with Crippen molar-refractivity contribution in [2.45, 2.75) is 25.9 Å². The van der Waals surface area contributed by atoms with E-state index in [-0.39, 0.29) is 0 Å². The van der Waals surface area contributed by atoms with Crippen molar-refractivity contribution < 1.29 is 0 Å². The predicted octanol–water partition coefficient (Wildman–Crippen LogP) is 2.56. The minimum Gasteiger partial charge on any atom is -0.327 e. The van der Waals surface area contributed by atoms with E-state index >= 15 is 0 Å². The van der Waals surface area contributed by atoms with Crippen LogP contribution in [0.25, 0.3) is 0 Å². The Morgan fingerprint density at radius 1 is 1.47 bits per heavy atom. The van der Waals surface area contributed by atoms with Crippen molar-refractivity contribution in [3.8, 4) is 0 Å². The van der Waals surface area contributed by atoms with Crippen molar-refractivity contribution in [2.24, 2.45) is 11.7 Å². The first-order valence-electron chi connectivity index (χ1n) is 5.85. The average molecular weight is 274 g/mol. The fourth-order valence-corrected chi connectivity index (χ4v) is 2.50. The smallest absolute Gasteiger partial charge is 0.129 e. The predicted molar refractivity (Wildman–Crippen MR) is 71.3 cm³/mol. The van der Waals surface area contributed by atoms with Crippen molar-refractivity contribution in [1.29, 1.82) is 0 Å². The van der Waals surface area contributed by atoms with E-state index < -0.39 is 0 Å². The van der Waals surface area contributed by atoms with Crippen LogP contribution in [-0.4, -0.2) is 29.0 Å². The second-order valence-corrected chi connectivity index (χ2v) is 5.52. The highest BCUT2D eigenvalue weighted by molar-refractivity contribution is 6.32. The summed E-state index contributed by atoms with van der Waals surface area (Å²) in [6.45, 7) is 4.92. The zero-order chi connectivity index (χ0) is 12.4.